The molecule has 0 bridgehead atoms. The van der Waals surface area contributed by atoms with Gasteiger partial charge in [-0.05, 0) is 41.4 Å². The van der Waals surface area contributed by atoms with Crippen LogP contribution in [0.2, 0.25) is 0 Å². The molecule has 1 heterocycles. The van der Waals surface area contributed by atoms with Gasteiger partial charge >= 0.3 is 0 Å². The van der Waals surface area contributed by atoms with Crippen LogP contribution in [0, 0.1) is 11.8 Å². The normalized spacial score (nSPS) is 22.9. The molecule has 0 spiro atoms. The van der Waals surface area contributed by atoms with Gasteiger partial charge in [0.1, 0.15) is 0 Å². The molecule has 3 rings (SSSR count). The summed E-state index contributed by atoms with van der Waals surface area (Å²) < 4.78 is 5.45. The van der Waals surface area contributed by atoms with Crippen LogP contribution >= 0.6 is 15.9 Å². The van der Waals surface area contributed by atoms with Gasteiger partial charge in [-0.2, -0.15) is 0 Å². The summed E-state index contributed by atoms with van der Waals surface area (Å²) in [6.45, 7) is 3.95. The summed E-state index contributed by atoms with van der Waals surface area (Å²) in [5.41, 5.74) is 4.16. The first-order chi connectivity index (χ1) is 7.75. The molecular formula is C14H17BrO. The zero-order chi connectivity index (χ0) is 11.1. The van der Waals surface area contributed by atoms with Crippen molar-refractivity contribution in [3.63, 3.8) is 0 Å². The van der Waals surface area contributed by atoms with Crippen molar-refractivity contribution in [2.45, 2.75) is 37.8 Å². The highest BCUT2D eigenvalue weighted by atomic mass is 79.9. The molecule has 86 valence electrons. The molecule has 2 aliphatic rings. The van der Waals surface area contributed by atoms with E-state index >= 15 is 0 Å². The zero-order valence-electron chi connectivity index (χ0n) is 9.58. The van der Waals surface area contributed by atoms with Crippen LogP contribution < -0.4 is 0 Å². The Kier molecular flexibility index (Phi) is 2.80. The van der Waals surface area contributed by atoms with Crippen molar-refractivity contribution >= 4 is 15.9 Å². The van der Waals surface area contributed by atoms with Crippen LogP contribution in [0.15, 0.2) is 18.2 Å². The topological polar surface area (TPSA) is 9.23 Å². The minimum Gasteiger partial charge on any atom is -0.372 e. The molecule has 2 heteroatoms. The van der Waals surface area contributed by atoms with Gasteiger partial charge in [-0.1, -0.05) is 41.1 Å². The number of ether oxygens (including phenoxy) is 1. The van der Waals surface area contributed by atoms with Gasteiger partial charge in [-0.25, -0.2) is 0 Å². The van der Waals surface area contributed by atoms with Gasteiger partial charge in [0.25, 0.3) is 0 Å². The van der Waals surface area contributed by atoms with Gasteiger partial charge in [0.05, 0.1) is 13.2 Å². The first-order valence-electron chi connectivity index (χ1n) is 6.09. The molecule has 1 aliphatic heterocycles. The highest BCUT2D eigenvalue weighted by Gasteiger charge is 2.33. The summed E-state index contributed by atoms with van der Waals surface area (Å²) in [6.07, 6.45) is 2.83. The van der Waals surface area contributed by atoms with Crippen molar-refractivity contribution < 1.29 is 4.74 Å². The Hall–Kier alpha value is -0.340. The van der Waals surface area contributed by atoms with E-state index < -0.39 is 0 Å². The second kappa shape index (κ2) is 4.15. The average molecular weight is 281 g/mol. The smallest absolute Gasteiger partial charge is 0.0725 e. The number of alkyl halides is 1. The third-order valence-electron chi connectivity index (χ3n) is 3.89. The molecule has 0 amide bonds. The van der Waals surface area contributed by atoms with Crippen molar-refractivity contribution in [2.75, 3.05) is 0 Å². The summed E-state index contributed by atoms with van der Waals surface area (Å²) in [7, 11) is 0. The maximum atomic E-state index is 5.45. The Balaban J connectivity index is 1.82. The largest absolute Gasteiger partial charge is 0.372 e. The fourth-order valence-corrected chi connectivity index (χ4v) is 3.24. The lowest BCUT2D eigenvalue weighted by Gasteiger charge is -2.18. The number of halogens is 1. The second-order valence-corrected chi connectivity index (χ2v) is 6.11. The van der Waals surface area contributed by atoms with Crippen LogP contribution in [0.25, 0.3) is 0 Å². The maximum Gasteiger partial charge on any atom is 0.0725 e. The lowest BCUT2D eigenvalue weighted by molar-refractivity contribution is 0.134. The third-order valence-corrected chi connectivity index (χ3v) is 5.25. The van der Waals surface area contributed by atoms with Crippen molar-refractivity contribution in [3.05, 3.63) is 34.9 Å². The van der Waals surface area contributed by atoms with Crippen LogP contribution in [0.3, 0.4) is 0 Å². The van der Waals surface area contributed by atoms with E-state index in [9.17, 15) is 0 Å². The molecule has 0 saturated heterocycles. The first-order valence-corrected chi connectivity index (χ1v) is 7.01. The highest BCUT2D eigenvalue weighted by molar-refractivity contribution is 9.09. The zero-order valence-corrected chi connectivity index (χ0v) is 11.2. The van der Waals surface area contributed by atoms with Crippen molar-refractivity contribution in [1.82, 2.24) is 0 Å². The van der Waals surface area contributed by atoms with Crippen molar-refractivity contribution in [1.29, 1.82) is 0 Å². The van der Waals surface area contributed by atoms with E-state index in [4.69, 9.17) is 4.74 Å². The molecule has 2 unspecified atom stereocenters. The van der Waals surface area contributed by atoms with Gasteiger partial charge in [0, 0.05) is 4.83 Å². The standard InChI is InChI=1S/C14H17BrO/c1-9(10-2-3-10)14(15)11-4-5-12-7-16-8-13(12)6-11/h4-6,9-10,14H,2-3,7-8H2,1H3. The molecule has 0 aromatic heterocycles. The van der Waals surface area contributed by atoms with Crippen LogP contribution in [0.1, 0.15) is 41.3 Å². The summed E-state index contributed by atoms with van der Waals surface area (Å²) >= 11 is 3.86. The van der Waals surface area contributed by atoms with E-state index in [-0.39, 0.29) is 0 Å². The minimum atomic E-state index is 0.505. The van der Waals surface area contributed by atoms with Crippen LogP contribution in [-0.2, 0) is 18.0 Å². The Bertz CT molecular complexity index is 398. The van der Waals surface area contributed by atoms with Gasteiger partial charge in [0.15, 0.2) is 0 Å². The molecule has 1 aromatic carbocycles. The second-order valence-electron chi connectivity index (χ2n) is 5.12. The van der Waals surface area contributed by atoms with E-state index in [1.807, 2.05) is 0 Å². The number of hydrogen-bond donors (Lipinski definition) is 0. The number of rotatable bonds is 3. The lowest BCUT2D eigenvalue weighted by atomic mass is 9.94. The molecule has 1 aromatic rings. The molecule has 2 atom stereocenters. The monoisotopic (exact) mass is 280 g/mol. The minimum absolute atomic E-state index is 0.505. The van der Waals surface area contributed by atoms with Crippen LogP contribution in [-0.4, -0.2) is 0 Å². The number of hydrogen-bond acceptors (Lipinski definition) is 1. The van der Waals surface area contributed by atoms with E-state index in [1.54, 1.807) is 0 Å². The highest BCUT2D eigenvalue weighted by Crippen LogP contribution is 2.46. The Morgan fingerprint density at radius 2 is 2.00 bits per heavy atom. The van der Waals surface area contributed by atoms with E-state index in [2.05, 4.69) is 41.1 Å². The van der Waals surface area contributed by atoms with Gasteiger partial charge in [-0.15, -0.1) is 0 Å². The van der Waals surface area contributed by atoms with Crippen molar-refractivity contribution in [3.8, 4) is 0 Å². The molecule has 1 saturated carbocycles. The quantitative estimate of drug-likeness (QED) is 0.754. The van der Waals surface area contributed by atoms with Crippen molar-refractivity contribution in [2.24, 2.45) is 11.8 Å². The van der Waals surface area contributed by atoms with Crippen LogP contribution in [0.4, 0.5) is 0 Å². The van der Waals surface area contributed by atoms with E-state index in [0.29, 0.717) is 4.83 Å². The number of benzene rings is 1. The molecular weight excluding hydrogens is 264 g/mol. The molecule has 0 radical (unpaired) electrons. The predicted octanol–water partition coefficient (Wildman–Crippen LogP) is 4.20. The van der Waals surface area contributed by atoms with E-state index in [0.717, 1.165) is 25.0 Å². The molecule has 1 aliphatic carbocycles. The van der Waals surface area contributed by atoms with Gasteiger partial charge in [-0.3, -0.25) is 0 Å². The summed E-state index contributed by atoms with van der Waals surface area (Å²) in [4.78, 5) is 0.505. The van der Waals surface area contributed by atoms with Gasteiger partial charge < -0.3 is 4.74 Å². The summed E-state index contributed by atoms with van der Waals surface area (Å²) in [5.74, 6) is 1.69. The first kappa shape index (κ1) is 10.8. The molecule has 16 heavy (non-hydrogen) atoms. The lowest BCUT2D eigenvalue weighted by Crippen LogP contribution is -2.06. The number of fused-ring (bicyclic) bond motifs is 1. The third kappa shape index (κ3) is 1.93. The Morgan fingerprint density at radius 1 is 1.25 bits per heavy atom. The molecule has 1 nitrogen and oxygen atoms in total. The average Bonchev–Trinajstić information content (AvgIpc) is 3.05. The molecule has 0 N–H and O–H groups in total. The summed E-state index contributed by atoms with van der Waals surface area (Å²) in [6, 6.07) is 6.80. The van der Waals surface area contributed by atoms with Crippen LogP contribution in [0.5, 0.6) is 0 Å². The maximum absolute atomic E-state index is 5.45. The van der Waals surface area contributed by atoms with Gasteiger partial charge in [0.2, 0.25) is 0 Å². The van der Waals surface area contributed by atoms with E-state index in [1.165, 1.54) is 29.5 Å². The molecule has 1 fully saturated rings. The Morgan fingerprint density at radius 3 is 2.75 bits per heavy atom. The Labute approximate surface area is 105 Å². The fraction of sp³-hybridized carbons (Fsp3) is 0.571. The predicted molar refractivity (Wildman–Crippen MR) is 68.5 cm³/mol. The SMILES string of the molecule is CC(C1CC1)C(Br)c1ccc2c(c1)COC2. The summed E-state index contributed by atoms with van der Waals surface area (Å²) in [5, 5.41) is 0. The fourth-order valence-electron chi connectivity index (χ4n) is 2.53.